The van der Waals surface area contributed by atoms with Crippen LogP contribution >= 0.6 is 0 Å². The number of benzene rings is 1. The summed E-state index contributed by atoms with van der Waals surface area (Å²) in [6.07, 6.45) is 11.1. The number of terminal acetylenes is 1. The number of hydrogen-bond acceptors (Lipinski definition) is 3. The molecule has 0 bridgehead atoms. The third-order valence-corrected chi connectivity index (χ3v) is 3.84. The summed E-state index contributed by atoms with van der Waals surface area (Å²) in [6, 6.07) is 4.28. The van der Waals surface area contributed by atoms with E-state index in [0.717, 1.165) is 17.9 Å². The molecule has 0 aliphatic heterocycles. The van der Waals surface area contributed by atoms with Gasteiger partial charge in [-0.15, -0.1) is 6.42 Å². The van der Waals surface area contributed by atoms with Crippen molar-refractivity contribution in [3.05, 3.63) is 28.8 Å². The SMILES string of the molecule is C#CCNC1C(CCCC)=Cc2cc(OC)c(OC)cc21. The Hall–Kier alpha value is -1.92. The summed E-state index contributed by atoms with van der Waals surface area (Å²) in [4.78, 5) is 0. The highest BCUT2D eigenvalue weighted by Gasteiger charge is 2.26. The van der Waals surface area contributed by atoms with Crippen LogP contribution < -0.4 is 14.8 Å². The van der Waals surface area contributed by atoms with Gasteiger partial charge in [0.15, 0.2) is 11.5 Å². The van der Waals surface area contributed by atoms with Gasteiger partial charge in [-0.3, -0.25) is 5.32 Å². The summed E-state index contributed by atoms with van der Waals surface area (Å²) >= 11 is 0. The second-order valence-corrected chi connectivity index (χ2v) is 5.18. The number of unbranched alkanes of at least 4 members (excludes halogenated alkanes) is 1. The lowest BCUT2D eigenvalue weighted by Gasteiger charge is -2.18. The van der Waals surface area contributed by atoms with Gasteiger partial charge in [-0.1, -0.05) is 25.3 Å². The Morgan fingerprint density at radius 3 is 2.57 bits per heavy atom. The zero-order valence-electron chi connectivity index (χ0n) is 13.0. The van der Waals surface area contributed by atoms with E-state index in [0.29, 0.717) is 6.54 Å². The zero-order valence-corrected chi connectivity index (χ0v) is 13.0. The fraction of sp³-hybridized carbons (Fsp3) is 0.444. The molecule has 3 nitrogen and oxygen atoms in total. The molecular weight excluding hydrogens is 262 g/mol. The van der Waals surface area contributed by atoms with Crippen LogP contribution in [0, 0.1) is 12.3 Å². The second kappa shape index (κ2) is 7.19. The molecule has 0 saturated heterocycles. The molecule has 1 aliphatic carbocycles. The minimum atomic E-state index is 0.183. The number of hydrogen-bond donors (Lipinski definition) is 1. The molecule has 0 heterocycles. The van der Waals surface area contributed by atoms with Gasteiger partial charge in [0.2, 0.25) is 0 Å². The van der Waals surface area contributed by atoms with Crippen molar-refractivity contribution < 1.29 is 9.47 Å². The minimum absolute atomic E-state index is 0.183. The maximum absolute atomic E-state index is 5.41. The molecule has 3 heteroatoms. The molecule has 21 heavy (non-hydrogen) atoms. The third kappa shape index (κ3) is 3.22. The Balaban J connectivity index is 2.36. The number of nitrogens with one attached hydrogen (secondary N) is 1. The summed E-state index contributed by atoms with van der Waals surface area (Å²) < 4.78 is 10.8. The molecule has 0 spiro atoms. The highest BCUT2D eigenvalue weighted by molar-refractivity contribution is 5.70. The lowest BCUT2D eigenvalue weighted by atomic mass is 9.99. The van der Waals surface area contributed by atoms with E-state index in [2.05, 4.69) is 30.3 Å². The van der Waals surface area contributed by atoms with E-state index in [9.17, 15) is 0 Å². The lowest BCUT2D eigenvalue weighted by molar-refractivity contribution is 0.354. The third-order valence-electron chi connectivity index (χ3n) is 3.84. The molecule has 1 atom stereocenters. The number of fused-ring (bicyclic) bond motifs is 1. The van der Waals surface area contributed by atoms with Crippen LogP contribution in [0.5, 0.6) is 11.5 Å². The molecule has 0 aromatic heterocycles. The predicted octanol–water partition coefficient (Wildman–Crippen LogP) is 3.55. The molecule has 0 saturated carbocycles. The first-order chi connectivity index (χ1) is 10.2. The van der Waals surface area contributed by atoms with Gasteiger partial charge in [0, 0.05) is 0 Å². The van der Waals surface area contributed by atoms with Gasteiger partial charge in [0.05, 0.1) is 26.8 Å². The largest absolute Gasteiger partial charge is 0.493 e. The van der Waals surface area contributed by atoms with Gasteiger partial charge < -0.3 is 9.47 Å². The first-order valence-electron chi connectivity index (χ1n) is 7.38. The van der Waals surface area contributed by atoms with Crippen molar-refractivity contribution in [2.24, 2.45) is 0 Å². The predicted molar refractivity (Wildman–Crippen MR) is 86.6 cm³/mol. The van der Waals surface area contributed by atoms with Crippen LogP contribution in [-0.4, -0.2) is 20.8 Å². The van der Waals surface area contributed by atoms with E-state index in [-0.39, 0.29) is 6.04 Å². The maximum atomic E-state index is 5.41. The van der Waals surface area contributed by atoms with Gasteiger partial charge >= 0.3 is 0 Å². The summed E-state index contributed by atoms with van der Waals surface area (Å²) in [5, 5.41) is 3.43. The molecule has 0 radical (unpaired) electrons. The Morgan fingerprint density at radius 1 is 1.24 bits per heavy atom. The standard InChI is InChI=1S/C18H23NO2/c1-5-7-8-13-10-14-11-16(20-3)17(21-4)12-15(14)18(13)19-9-6-2/h2,10-12,18-19H,5,7-9H2,1,3-4H3. The van der Waals surface area contributed by atoms with Crippen LogP contribution in [0.25, 0.3) is 6.08 Å². The molecule has 1 N–H and O–H groups in total. The molecule has 0 fully saturated rings. The normalized spacial score (nSPS) is 16.1. The van der Waals surface area contributed by atoms with Crippen LogP contribution in [0.2, 0.25) is 0 Å². The van der Waals surface area contributed by atoms with E-state index < -0.39 is 0 Å². The summed E-state index contributed by atoms with van der Waals surface area (Å²) in [5.41, 5.74) is 3.79. The van der Waals surface area contributed by atoms with E-state index in [1.54, 1.807) is 14.2 Å². The van der Waals surface area contributed by atoms with Gasteiger partial charge in [-0.05, 0) is 41.7 Å². The van der Waals surface area contributed by atoms with Crippen LogP contribution in [0.3, 0.4) is 0 Å². The zero-order chi connectivity index (χ0) is 15.2. The van der Waals surface area contributed by atoms with Crippen molar-refractivity contribution in [3.8, 4) is 23.8 Å². The first-order valence-corrected chi connectivity index (χ1v) is 7.38. The molecule has 1 aromatic rings. The number of rotatable bonds is 7. The van der Waals surface area contributed by atoms with Crippen molar-refractivity contribution in [2.75, 3.05) is 20.8 Å². The summed E-state index contributed by atoms with van der Waals surface area (Å²) in [5.74, 6) is 4.18. The van der Waals surface area contributed by atoms with Crippen molar-refractivity contribution in [1.82, 2.24) is 5.32 Å². The second-order valence-electron chi connectivity index (χ2n) is 5.18. The Labute approximate surface area is 127 Å². The molecule has 1 aromatic carbocycles. The highest BCUT2D eigenvalue weighted by Crippen LogP contribution is 2.42. The minimum Gasteiger partial charge on any atom is -0.493 e. The number of ether oxygens (including phenoxy) is 2. The van der Waals surface area contributed by atoms with Gasteiger partial charge in [0.1, 0.15) is 0 Å². The van der Waals surface area contributed by atoms with E-state index in [1.165, 1.54) is 29.5 Å². The Morgan fingerprint density at radius 2 is 1.95 bits per heavy atom. The van der Waals surface area contributed by atoms with Gasteiger partial charge in [0.25, 0.3) is 0 Å². The van der Waals surface area contributed by atoms with E-state index >= 15 is 0 Å². The smallest absolute Gasteiger partial charge is 0.161 e. The highest BCUT2D eigenvalue weighted by atomic mass is 16.5. The van der Waals surface area contributed by atoms with Crippen molar-refractivity contribution in [3.63, 3.8) is 0 Å². The van der Waals surface area contributed by atoms with Crippen molar-refractivity contribution in [2.45, 2.75) is 32.2 Å². The molecule has 1 aliphatic rings. The Bertz CT molecular complexity index is 569. The molecule has 0 amide bonds. The first kappa shape index (κ1) is 15.5. The maximum Gasteiger partial charge on any atom is 0.161 e. The van der Waals surface area contributed by atoms with Crippen LogP contribution in [0.1, 0.15) is 43.4 Å². The quantitative estimate of drug-likeness (QED) is 0.777. The van der Waals surface area contributed by atoms with E-state index in [4.69, 9.17) is 15.9 Å². The average Bonchev–Trinajstić information content (AvgIpc) is 2.85. The topological polar surface area (TPSA) is 30.5 Å². The monoisotopic (exact) mass is 285 g/mol. The van der Waals surface area contributed by atoms with Crippen LogP contribution in [0.4, 0.5) is 0 Å². The Kier molecular flexibility index (Phi) is 5.30. The van der Waals surface area contributed by atoms with Gasteiger partial charge in [-0.25, -0.2) is 0 Å². The molecule has 1 unspecified atom stereocenters. The fourth-order valence-corrected chi connectivity index (χ4v) is 2.77. The fourth-order valence-electron chi connectivity index (χ4n) is 2.77. The van der Waals surface area contributed by atoms with Crippen molar-refractivity contribution in [1.29, 1.82) is 0 Å². The van der Waals surface area contributed by atoms with Crippen LogP contribution in [0.15, 0.2) is 17.7 Å². The van der Waals surface area contributed by atoms with Crippen molar-refractivity contribution >= 4 is 6.08 Å². The average molecular weight is 285 g/mol. The molecular formula is C18H23NO2. The van der Waals surface area contributed by atoms with Gasteiger partial charge in [-0.2, -0.15) is 0 Å². The molecule has 112 valence electrons. The summed E-state index contributed by atoms with van der Waals surface area (Å²) in [6.45, 7) is 2.76. The van der Waals surface area contributed by atoms with Crippen LogP contribution in [-0.2, 0) is 0 Å². The molecule has 2 rings (SSSR count). The van der Waals surface area contributed by atoms with E-state index in [1.807, 2.05) is 6.07 Å². The number of methoxy groups -OCH3 is 2. The lowest BCUT2D eigenvalue weighted by Crippen LogP contribution is -2.22. The summed E-state index contributed by atoms with van der Waals surface area (Å²) in [7, 11) is 3.32.